The molecule has 0 saturated carbocycles. The number of amides is 1. The summed E-state index contributed by atoms with van der Waals surface area (Å²) < 4.78 is 11.7. The number of ether oxygens (including phenoxy) is 1. The summed E-state index contributed by atoms with van der Waals surface area (Å²) in [7, 11) is 0. The van der Waals surface area contributed by atoms with E-state index in [4.69, 9.17) is 38.2 Å². The Bertz CT molecular complexity index is 688. The minimum atomic E-state index is -0.424. The maximum atomic E-state index is 11.5. The number of carbonyl (C=O) groups is 1. The van der Waals surface area contributed by atoms with Crippen LogP contribution in [0.1, 0.15) is 21.9 Å². The van der Waals surface area contributed by atoms with Gasteiger partial charge in [-0.25, -0.2) is 5.84 Å². The van der Waals surface area contributed by atoms with Crippen LogP contribution in [0.3, 0.4) is 0 Å². The van der Waals surface area contributed by atoms with Crippen molar-refractivity contribution in [2.45, 2.75) is 13.5 Å². The Labute approximate surface area is 139 Å². The lowest BCUT2D eigenvalue weighted by atomic mass is 10.2. The lowest BCUT2D eigenvalue weighted by Gasteiger charge is -2.07. The average molecular weight is 394 g/mol. The van der Waals surface area contributed by atoms with Gasteiger partial charge >= 0.3 is 0 Å². The molecular weight excluding hydrogens is 383 g/mol. The van der Waals surface area contributed by atoms with Gasteiger partial charge in [-0.05, 0) is 35.0 Å². The number of hydrogen-bond acceptors (Lipinski definition) is 4. The maximum absolute atomic E-state index is 11.5. The SMILES string of the molecule is Cc1oc(COc2cc(Cl)c(Br)cc2Cl)cc1C(=O)NN. The molecule has 0 radical (unpaired) electrons. The lowest BCUT2D eigenvalue weighted by molar-refractivity contribution is 0.0952. The van der Waals surface area contributed by atoms with Gasteiger partial charge in [-0.2, -0.15) is 0 Å². The fraction of sp³-hybridized carbons (Fsp3) is 0.154. The van der Waals surface area contributed by atoms with Crippen LogP contribution in [-0.2, 0) is 6.61 Å². The molecule has 0 fully saturated rings. The fourth-order valence-electron chi connectivity index (χ4n) is 1.68. The van der Waals surface area contributed by atoms with Crippen molar-refractivity contribution in [1.29, 1.82) is 0 Å². The summed E-state index contributed by atoms with van der Waals surface area (Å²) >= 11 is 15.3. The van der Waals surface area contributed by atoms with Gasteiger partial charge in [-0.15, -0.1) is 0 Å². The van der Waals surface area contributed by atoms with Crippen molar-refractivity contribution in [3.63, 3.8) is 0 Å². The zero-order chi connectivity index (χ0) is 15.6. The molecule has 0 aliphatic heterocycles. The van der Waals surface area contributed by atoms with Crippen molar-refractivity contribution in [1.82, 2.24) is 5.43 Å². The zero-order valence-corrected chi connectivity index (χ0v) is 14.0. The summed E-state index contributed by atoms with van der Waals surface area (Å²) in [5.74, 6) is 6.01. The first-order valence-electron chi connectivity index (χ1n) is 5.80. The second-order valence-corrected chi connectivity index (χ2v) is 5.81. The number of benzene rings is 1. The lowest BCUT2D eigenvalue weighted by Crippen LogP contribution is -2.30. The third-order valence-electron chi connectivity index (χ3n) is 2.69. The highest BCUT2D eigenvalue weighted by atomic mass is 79.9. The number of halogens is 3. The fourth-order valence-corrected chi connectivity index (χ4v) is 2.53. The maximum Gasteiger partial charge on any atom is 0.268 e. The molecule has 2 aromatic rings. The Morgan fingerprint density at radius 3 is 2.76 bits per heavy atom. The molecule has 0 atom stereocenters. The van der Waals surface area contributed by atoms with Crippen LogP contribution in [0.15, 0.2) is 27.1 Å². The quantitative estimate of drug-likeness (QED) is 0.358. The molecule has 1 aromatic heterocycles. The number of carbonyl (C=O) groups excluding carboxylic acids is 1. The van der Waals surface area contributed by atoms with E-state index in [1.165, 1.54) is 0 Å². The summed E-state index contributed by atoms with van der Waals surface area (Å²) in [5.41, 5.74) is 2.41. The highest BCUT2D eigenvalue weighted by Gasteiger charge is 2.15. The number of nitrogens with two attached hydrogens (primary N) is 1. The molecule has 0 unspecified atom stereocenters. The Morgan fingerprint density at radius 1 is 1.38 bits per heavy atom. The molecule has 112 valence electrons. The largest absolute Gasteiger partial charge is 0.484 e. The van der Waals surface area contributed by atoms with E-state index in [0.29, 0.717) is 37.4 Å². The molecule has 8 heteroatoms. The van der Waals surface area contributed by atoms with E-state index in [0.717, 1.165) is 0 Å². The second-order valence-electron chi connectivity index (χ2n) is 4.14. The number of nitrogens with one attached hydrogen (secondary N) is 1. The normalized spacial score (nSPS) is 10.5. The van der Waals surface area contributed by atoms with Crippen LogP contribution in [-0.4, -0.2) is 5.91 Å². The summed E-state index contributed by atoms with van der Waals surface area (Å²) in [5, 5.41) is 0.891. The highest BCUT2D eigenvalue weighted by molar-refractivity contribution is 9.10. The first kappa shape index (κ1) is 16.2. The average Bonchev–Trinajstić information content (AvgIpc) is 2.81. The Hall–Kier alpha value is -1.21. The van der Waals surface area contributed by atoms with Crippen LogP contribution >= 0.6 is 39.1 Å². The molecular formula is C13H11BrCl2N2O3. The first-order valence-corrected chi connectivity index (χ1v) is 7.35. The summed E-state index contributed by atoms with van der Waals surface area (Å²) in [6, 6.07) is 4.79. The van der Waals surface area contributed by atoms with Gasteiger partial charge in [0.05, 0.1) is 15.6 Å². The van der Waals surface area contributed by atoms with Gasteiger partial charge in [0.2, 0.25) is 0 Å². The van der Waals surface area contributed by atoms with E-state index in [1.54, 1.807) is 25.1 Å². The standard InChI is InChI=1S/C13H11BrCl2N2O3/c1-6-8(13(19)18-17)2-7(21-6)5-20-12-4-10(15)9(14)3-11(12)16/h2-4H,5,17H2,1H3,(H,18,19). The third kappa shape index (κ3) is 3.71. The Kier molecular flexibility index (Phi) is 5.16. The van der Waals surface area contributed by atoms with Gasteiger partial charge in [0.15, 0.2) is 0 Å². The molecule has 0 bridgehead atoms. The van der Waals surface area contributed by atoms with Crippen LogP contribution in [0, 0.1) is 6.92 Å². The van der Waals surface area contributed by atoms with Crippen molar-refractivity contribution in [3.8, 4) is 5.75 Å². The predicted octanol–water partition coefficient (Wildman–Crippen LogP) is 3.84. The van der Waals surface area contributed by atoms with Crippen molar-refractivity contribution < 1.29 is 13.9 Å². The molecule has 0 saturated heterocycles. The molecule has 1 amide bonds. The number of aryl methyl sites for hydroxylation is 1. The number of furan rings is 1. The number of nitrogen functional groups attached to an aromatic ring is 1. The predicted molar refractivity (Wildman–Crippen MR) is 83.6 cm³/mol. The first-order chi connectivity index (χ1) is 9.92. The topological polar surface area (TPSA) is 77.5 Å². The van der Waals surface area contributed by atoms with Crippen molar-refractivity contribution in [2.75, 3.05) is 0 Å². The van der Waals surface area contributed by atoms with E-state index < -0.39 is 5.91 Å². The molecule has 5 nitrogen and oxygen atoms in total. The van der Waals surface area contributed by atoms with Crippen molar-refractivity contribution in [2.24, 2.45) is 5.84 Å². The van der Waals surface area contributed by atoms with E-state index in [1.807, 2.05) is 5.43 Å². The number of hydrazine groups is 1. The summed E-state index contributed by atoms with van der Waals surface area (Å²) in [6.07, 6.45) is 0. The van der Waals surface area contributed by atoms with Gasteiger partial charge in [0.25, 0.3) is 5.91 Å². The van der Waals surface area contributed by atoms with Crippen molar-refractivity contribution >= 4 is 45.0 Å². The molecule has 2 rings (SSSR count). The highest BCUT2D eigenvalue weighted by Crippen LogP contribution is 2.34. The number of rotatable bonds is 4. The molecule has 0 spiro atoms. The van der Waals surface area contributed by atoms with Gasteiger partial charge in [0, 0.05) is 10.5 Å². The van der Waals surface area contributed by atoms with Gasteiger partial charge < -0.3 is 9.15 Å². The smallest absolute Gasteiger partial charge is 0.268 e. The molecule has 21 heavy (non-hydrogen) atoms. The van der Waals surface area contributed by atoms with E-state index in [9.17, 15) is 4.79 Å². The third-order valence-corrected chi connectivity index (χ3v) is 4.18. The zero-order valence-electron chi connectivity index (χ0n) is 10.9. The summed E-state index contributed by atoms with van der Waals surface area (Å²) in [6.45, 7) is 1.77. The Morgan fingerprint density at radius 2 is 2.10 bits per heavy atom. The van der Waals surface area contributed by atoms with E-state index >= 15 is 0 Å². The second kappa shape index (κ2) is 6.70. The van der Waals surface area contributed by atoms with Crippen molar-refractivity contribution in [3.05, 3.63) is 49.8 Å². The minimum Gasteiger partial charge on any atom is -0.484 e. The monoisotopic (exact) mass is 392 g/mol. The van der Waals surface area contributed by atoms with E-state index in [-0.39, 0.29) is 6.61 Å². The molecule has 3 N–H and O–H groups in total. The van der Waals surface area contributed by atoms with Crippen LogP contribution in [0.2, 0.25) is 10.0 Å². The van der Waals surface area contributed by atoms with Crippen LogP contribution < -0.4 is 16.0 Å². The minimum absolute atomic E-state index is 0.108. The van der Waals surface area contributed by atoms with Crippen LogP contribution in [0.25, 0.3) is 0 Å². The van der Waals surface area contributed by atoms with Gasteiger partial charge in [-0.1, -0.05) is 23.2 Å². The van der Waals surface area contributed by atoms with Gasteiger partial charge in [-0.3, -0.25) is 10.2 Å². The van der Waals surface area contributed by atoms with Gasteiger partial charge in [0.1, 0.15) is 23.9 Å². The van der Waals surface area contributed by atoms with E-state index in [2.05, 4.69) is 15.9 Å². The van der Waals surface area contributed by atoms with Crippen LogP contribution in [0.5, 0.6) is 5.75 Å². The molecule has 1 heterocycles. The number of hydrogen-bond donors (Lipinski definition) is 2. The molecule has 1 aromatic carbocycles. The van der Waals surface area contributed by atoms with Crippen LogP contribution in [0.4, 0.5) is 0 Å². The Balaban J connectivity index is 2.14. The molecule has 0 aliphatic carbocycles. The summed E-state index contributed by atoms with van der Waals surface area (Å²) in [4.78, 5) is 11.5. The molecule has 0 aliphatic rings.